The van der Waals surface area contributed by atoms with Crippen LogP contribution in [0, 0.1) is 13.8 Å². The van der Waals surface area contributed by atoms with Gasteiger partial charge in [0.15, 0.2) is 6.29 Å². The van der Waals surface area contributed by atoms with Crippen LogP contribution < -0.4 is 0 Å². The van der Waals surface area contributed by atoms with Crippen LogP contribution in [0.3, 0.4) is 0 Å². The molecule has 2 rings (SSSR count). The van der Waals surface area contributed by atoms with Crippen LogP contribution in [0.5, 0.6) is 0 Å². The smallest absolute Gasteiger partial charge is 0.151 e. The van der Waals surface area contributed by atoms with E-state index in [1.54, 1.807) is 6.20 Å². The van der Waals surface area contributed by atoms with E-state index >= 15 is 0 Å². The van der Waals surface area contributed by atoms with Crippen molar-refractivity contribution >= 4 is 6.29 Å². The average Bonchev–Trinajstić information content (AvgIpc) is 2.77. The standard InChI is InChI=1S/C12H15N3O/c1-9-6-11(8-16)10(2)15(9)7-12-13-4-5-14(12)3/h4-6,8H,7H2,1-3H3. The SMILES string of the molecule is Cc1cc(C=O)c(C)n1Cc1nccn1C. The Morgan fingerprint density at radius 2 is 2.19 bits per heavy atom. The van der Waals surface area contributed by atoms with Gasteiger partial charge in [-0.25, -0.2) is 4.98 Å². The highest BCUT2D eigenvalue weighted by Gasteiger charge is 2.10. The summed E-state index contributed by atoms with van der Waals surface area (Å²) in [6.45, 7) is 4.66. The largest absolute Gasteiger partial charge is 0.341 e. The zero-order valence-corrected chi connectivity index (χ0v) is 9.77. The van der Waals surface area contributed by atoms with Crippen molar-refractivity contribution in [1.29, 1.82) is 0 Å². The summed E-state index contributed by atoms with van der Waals surface area (Å²) in [4.78, 5) is 15.1. The van der Waals surface area contributed by atoms with Crippen LogP contribution in [0.4, 0.5) is 0 Å². The molecule has 2 heterocycles. The first-order chi connectivity index (χ1) is 7.63. The lowest BCUT2D eigenvalue weighted by Gasteiger charge is -2.09. The van der Waals surface area contributed by atoms with Crippen LogP contribution >= 0.6 is 0 Å². The molecule has 2 aromatic heterocycles. The van der Waals surface area contributed by atoms with Gasteiger partial charge in [0.2, 0.25) is 0 Å². The topological polar surface area (TPSA) is 39.8 Å². The number of aromatic nitrogens is 3. The second kappa shape index (κ2) is 3.96. The predicted octanol–water partition coefficient (Wildman–Crippen LogP) is 1.70. The van der Waals surface area contributed by atoms with E-state index in [1.165, 1.54) is 0 Å². The molecule has 0 aliphatic heterocycles. The Hall–Kier alpha value is -1.84. The van der Waals surface area contributed by atoms with Crippen LogP contribution in [0.25, 0.3) is 0 Å². The molecule has 0 fully saturated rings. The molecule has 0 saturated heterocycles. The highest BCUT2D eigenvalue weighted by Crippen LogP contribution is 2.14. The molecule has 16 heavy (non-hydrogen) atoms. The van der Waals surface area contributed by atoms with Gasteiger partial charge in [0.25, 0.3) is 0 Å². The fourth-order valence-corrected chi connectivity index (χ4v) is 1.88. The van der Waals surface area contributed by atoms with Gasteiger partial charge < -0.3 is 9.13 Å². The van der Waals surface area contributed by atoms with Gasteiger partial charge in [-0.1, -0.05) is 0 Å². The predicted molar refractivity (Wildman–Crippen MR) is 61.6 cm³/mol. The minimum Gasteiger partial charge on any atom is -0.341 e. The Morgan fingerprint density at radius 1 is 1.44 bits per heavy atom. The van der Waals surface area contributed by atoms with Gasteiger partial charge >= 0.3 is 0 Å². The van der Waals surface area contributed by atoms with E-state index in [-0.39, 0.29) is 0 Å². The zero-order valence-electron chi connectivity index (χ0n) is 9.77. The lowest BCUT2D eigenvalue weighted by atomic mass is 10.3. The zero-order chi connectivity index (χ0) is 11.7. The van der Waals surface area contributed by atoms with Gasteiger partial charge in [0.1, 0.15) is 5.82 Å². The molecule has 0 bridgehead atoms. The molecule has 0 aromatic carbocycles. The van der Waals surface area contributed by atoms with Crippen molar-refractivity contribution in [3.63, 3.8) is 0 Å². The maximum absolute atomic E-state index is 10.8. The Labute approximate surface area is 94.5 Å². The summed E-state index contributed by atoms with van der Waals surface area (Å²) < 4.78 is 4.09. The van der Waals surface area contributed by atoms with Gasteiger partial charge in [0, 0.05) is 36.4 Å². The summed E-state index contributed by atoms with van der Waals surface area (Å²) in [5, 5.41) is 0. The quantitative estimate of drug-likeness (QED) is 0.734. The van der Waals surface area contributed by atoms with Crippen molar-refractivity contribution in [3.8, 4) is 0 Å². The van der Waals surface area contributed by atoms with E-state index in [0.717, 1.165) is 29.1 Å². The Morgan fingerprint density at radius 3 is 2.69 bits per heavy atom. The van der Waals surface area contributed by atoms with E-state index in [2.05, 4.69) is 9.55 Å². The molecule has 2 aromatic rings. The summed E-state index contributed by atoms with van der Waals surface area (Å²) >= 11 is 0. The molecule has 0 spiro atoms. The first-order valence-electron chi connectivity index (χ1n) is 5.21. The van der Waals surface area contributed by atoms with Gasteiger partial charge in [0.05, 0.1) is 6.54 Å². The molecule has 0 amide bonds. The molecule has 0 aliphatic carbocycles. The lowest BCUT2D eigenvalue weighted by Crippen LogP contribution is -2.08. The second-order valence-corrected chi connectivity index (χ2v) is 3.98. The average molecular weight is 217 g/mol. The number of aldehydes is 1. The Balaban J connectivity index is 2.38. The number of imidazole rings is 1. The molecule has 4 heteroatoms. The summed E-state index contributed by atoms with van der Waals surface area (Å²) in [5.41, 5.74) is 2.84. The Kier molecular flexibility index (Phi) is 2.64. The third-order valence-corrected chi connectivity index (χ3v) is 2.96. The summed E-state index contributed by atoms with van der Waals surface area (Å²) in [6, 6.07) is 1.91. The second-order valence-electron chi connectivity index (χ2n) is 3.98. The minimum atomic E-state index is 0.703. The fraction of sp³-hybridized carbons (Fsp3) is 0.333. The van der Waals surface area contributed by atoms with Crippen LogP contribution in [0.15, 0.2) is 18.5 Å². The van der Waals surface area contributed by atoms with Crippen molar-refractivity contribution in [3.05, 3.63) is 41.2 Å². The van der Waals surface area contributed by atoms with Crippen molar-refractivity contribution in [2.75, 3.05) is 0 Å². The maximum atomic E-state index is 10.8. The third-order valence-electron chi connectivity index (χ3n) is 2.96. The maximum Gasteiger partial charge on any atom is 0.151 e. The van der Waals surface area contributed by atoms with Crippen molar-refractivity contribution in [1.82, 2.24) is 14.1 Å². The number of aryl methyl sites for hydroxylation is 2. The van der Waals surface area contributed by atoms with Gasteiger partial charge in [-0.2, -0.15) is 0 Å². The van der Waals surface area contributed by atoms with E-state index in [0.29, 0.717) is 6.54 Å². The Bertz CT molecular complexity index is 522. The van der Waals surface area contributed by atoms with Gasteiger partial charge in [-0.05, 0) is 19.9 Å². The van der Waals surface area contributed by atoms with Crippen molar-refractivity contribution in [2.24, 2.45) is 7.05 Å². The monoisotopic (exact) mass is 217 g/mol. The minimum absolute atomic E-state index is 0.703. The molecule has 4 nitrogen and oxygen atoms in total. The van der Waals surface area contributed by atoms with Crippen molar-refractivity contribution < 1.29 is 4.79 Å². The van der Waals surface area contributed by atoms with E-state index in [4.69, 9.17) is 0 Å². The third kappa shape index (κ3) is 1.66. The van der Waals surface area contributed by atoms with Gasteiger partial charge in [-0.15, -0.1) is 0 Å². The molecular formula is C12H15N3O. The summed E-state index contributed by atoms with van der Waals surface area (Å²) in [6.07, 6.45) is 4.60. The normalized spacial score (nSPS) is 10.7. The molecule has 0 unspecified atom stereocenters. The number of hydrogen-bond donors (Lipinski definition) is 0. The number of nitrogens with zero attached hydrogens (tertiary/aromatic N) is 3. The molecule has 0 atom stereocenters. The number of carbonyl (C=O) groups is 1. The summed E-state index contributed by atoms with van der Waals surface area (Å²) in [5.74, 6) is 0.985. The van der Waals surface area contributed by atoms with E-state index in [9.17, 15) is 4.79 Å². The molecule has 0 saturated carbocycles. The molecule has 0 aliphatic rings. The highest BCUT2D eigenvalue weighted by atomic mass is 16.1. The van der Waals surface area contributed by atoms with Crippen LogP contribution in [-0.4, -0.2) is 20.4 Å². The van der Waals surface area contributed by atoms with Crippen molar-refractivity contribution in [2.45, 2.75) is 20.4 Å². The van der Waals surface area contributed by atoms with Crippen LogP contribution in [0.2, 0.25) is 0 Å². The van der Waals surface area contributed by atoms with E-state index in [1.807, 2.05) is 37.7 Å². The molecule has 0 radical (unpaired) electrons. The highest BCUT2D eigenvalue weighted by molar-refractivity contribution is 5.77. The first kappa shape index (κ1) is 10.7. The number of hydrogen-bond acceptors (Lipinski definition) is 2. The number of rotatable bonds is 3. The molecule has 84 valence electrons. The van der Waals surface area contributed by atoms with Gasteiger partial charge in [-0.3, -0.25) is 4.79 Å². The fourth-order valence-electron chi connectivity index (χ4n) is 1.88. The first-order valence-corrected chi connectivity index (χ1v) is 5.21. The molecular weight excluding hydrogens is 202 g/mol. The summed E-state index contributed by atoms with van der Waals surface area (Å²) in [7, 11) is 1.97. The molecule has 0 N–H and O–H groups in total. The van der Waals surface area contributed by atoms with E-state index < -0.39 is 0 Å². The lowest BCUT2D eigenvalue weighted by molar-refractivity contribution is 0.112. The van der Waals surface area contributed by atoms with Crippen LogP contribution in [-0.2, 0) is 13.6 Å². The van der Waals surface area contributed by atoms with Crippen LogP contribution in [0.1, 0.15) is 27.6 Å². The number of carbonyl (C=O) groups excluding carboxylic acids is 1.